The van der Waals surface area contributed by atoms with E-state index in [-0.39, 0.29) is 17.8 Å². The Hall–Kier alpha value is -3.28. The van der Waals surface area contributed by atoms with Crippen molar-refractivity contribution in [3.05, 3.63) is 88.6 Å². The Bertz CT molecular complexity index is 1020. The van der Waals surface area contributed by atoms with E-state index in [4.69, 9.17) is 10.7 Å². The van der Waals surface area contributed by atoms with Gasteiger partial charge in [0.15, 0.2) is 0 Å². The van der Waals surface area contributed by atoms with E-state index < -0.39 is 0 Å². The zero-order valence-corrected chi connectivity index (χ0v) is 16.3. The van der Waals surface area contributed by atoms with Crippen molar-refractivity contribution in [3.63, 3.8) is 0 Å². The molecule has 0 saturated carbocycles. The minimum absolute atomic E-state index is 0.0524. The standard InChI is InChI=1S/C23H23FN4O/c1-15-11-17(12-16-4-7-19(24)8-5-16)13-20(27-15)21-3-2-10-28(21)23(29)18-6-9-22(25)26-14-18/h4-9,11,13-14,21H,2-3,10,12H2,1H3,(H2,25,26)/t21-/m0/s1. The summed E-state index contributed by atoms with van der Waals surface area (Å²) in [6.45, 7) is 2.65. The van der Waals surface area contributed by atoms with Gasteiger partial charge in [-0.05, 0) is 73.7 Å². The molecule has 148 valence electrons. The lowest BCUT2D eigenvalue weighted by Gasteiger charge is -2.25. The van der Waals surface area contributed by atoms with Crippen molar-refractivity contribution in [1.82, 2.24) is 14.9 Å². The van der Waals surface area contributed by atoms with Gasteiger partial charge in [0, 0.05) is 18.4 Å². The molecule has 3 aromatic rings. The van der Waals surface area contributed by atoms with E-state index in [0.29, 0.717) is 24.3 Å². The lowest BCUT2D eigenvalue weighted by molar-refractivity contribution is 0.0732. The highest BCUT2D eigenvalue weighted by atomic mass is 19.1. The molecule has 4 rings (SSSR count). The number of nitrogens with two attached hydrogens (primary N) is 1. The molecule has 0 spiro atoms. The van der Waals surface area contributed by atoms with Crippen LogP contribution in [0.5, 0.6) is 0 Å². The molecule has 1 aliphatic heterocycles. The van der Waals surface area contributed by atoms with Gasteiger partial charge in [-0.25, -0.2) is 9.37 Å². The summed E-state index contributed by atoms with van der Waals surface area (Å²) >= 11 is 0. The number of pyridine rings is 2. The Morgan fingerprint density at radius 3 is 2.69 bits per heavy atom. The number of aryl methyl sites for hydroxylation is 1. The maximum atomic E-state index is 13.2. The summed E-state index contributed by atoms with van der Waals surface area (Å²) in [6.07, 6.45) is 4.03. The SMILES string of the molecule is Cc1cc(Cc2ccc(F)cc2)cc([C@@H]2CCCN2C(=O)c2ccc(N)nc2)n1. The molecular formula is C23H23FN4O. The molecule has 2 aromatic heterocycles. The molecule has 1 amide bonds. The van der Waals surface area contributed by atoms with E-state index in [1.54, 1.807) is 24.3 Å². The van der Waals surface area contributed by atoms with Crippen molar-refractivity contribution in [1.29, 1.82) is 0 Å². The molecule has 3 heterocycles. The van der Waals surface area contributed by atoms with Crippen LogP contribution in [0.15, 0.2) is 54.7 Å². The molecule has 29 heavy (non-hydrogen) atoms. The summed E-state index contributed by atoms with van der Waals surface area (Å²) in [4.78, 5) is 23.6. The Morgan fingerprint density at radius 2 is 1.97 bits per heavy atom. The number of likely N-dealkylation sites (tertiary alicyclic amines) is 1. The number of benzene rings is 1. The van der Waals surface area contributed by atoms with Crippen molar-refractivity contribution < 1.29 is 9.18 Å². The summed E-state index contributed by atoms with van der Waals surface area (Å²) in [5, 5.41) is 0. The van der Waals surface area contributed by atoms with Crippen LogP contribution in [0.3, 0.4) is 0 Å². The van der Waals surface area contributed by atoms with Crippen LogP contribution in [0.25, 0.3) is 0 Å². The van der Waals surface area contributed by atoms with Crippen LogP contribution in [0.2, 0.25) is 0 Å². The Morgan fingerprint density at radius 1 is 1.17 bits per heavy atom. The summed E-state index contributed by atoms with van der Waals surface area (Å²) in [5.74, 6) is 0.103. The molecule has 1 aromatic carbocycles. The number of hydrogen-bond acceptors (Lipinski definition) is 4. The second-order valence-corrected chi connectivity index (χ2v) is 7.47. The number of halogens is 1. The molecule has 1 saturated heterocycles. The number of hydrogen-bond donors (Lipinski definition) is 1. The van der Waals surface area contributed by atoms with Crippen LogP contribution >= 0.6 is 0 Å². The fourth-order valence-corrected chi connectivity index (χ4v) is 3.89. The first-order chi connectivity index (χ1) is 14.0. The van der Waals surface area contributed by atoms with Gasteiger partial charge in [0.25, 0.3) is 5.91 Å². The van der Waals surface area contributed by atoms with Crippen molar-refractivity contribution in [2.24, 2.45) is 0 Å². The topological polar surface area (TPSA) is 72.1 Å². The van der Waals surface area contributed by atoms with E-state index in [0.717, 1.165) is 35.4 Å². The molecule has 2 N–H and O–H groups in total. The number of amides is 1. The summed E-state index contributed by atoms with van der Waals surface area (Å²) in [7, 11) is 0. The smallest absolute Gasteiger partial charge is 0.255 e. The Kier molecular flexibility index (Phi) is 5.25. The van der Waals surface area contributed by atoms with Gasteiger partial charge in [-0.1, -0.05) is 12.1 Å². The van der Waals surface area contributed by atoms with Gasteiger partial charge >= 0.3 is 0 Å². The van der Waals surface area contributed by atoms with Crippen LogP contribution < -0.4 is 5.73 Å². The molecule has 1 aliphatic rings. The van der Waals surface area contributed by atoms with Crippen molar-refractivity contribution in [2.75, 3.05) is 12.3 Å². The van der Waals surface area contributed by atoms with E-state index in [1.165, 1.54) is 18.3 Å². The molecule has 1 fully saturated rings. The largest absolute Gasteiger partial charge is 0.384 e. The average Bonchev–Trinajstić information content (AvgIpc) is 3.19. The van der Waals surface area contributed by atoms with Crippen LogP contribution in [0.1, 0.15) is 51.8 Å². The summed E-state index contributed by atoms with van der Waals surface area (Å²) in [5.41, 5.74) is 10.1. The zero-order valence-electron chi connectivity index (χ0n) is 16.3. The summed E-state index contributed by atoms with van der Waals surface area (Å²) in [6, 6.07) is 13.9. The fourth-order valence-electron chi connectivity index (χ4n) is 3.89. The van der Waals surface area contributed by atoms with Crippen LogP contribution in [0, 0.1) is 12.7 Å². The minimum atomic E-state index is -0.238. The number of anilines is 1. The molecular weight excluding hydrogens is 367 g/mol. The van der Waals surface area contributed by atoms with E-state index >= 15 is 0 Å². The third kappa shape index (κ3) is 4.26. The lowest BCUT2D eigenvalue weighted by Crippen LogP contribution is -2.31. The molecule has 1 atom stereocenters. The number of rotatable bonds is 4. The van der Waals surface area contributed by atoms with Gasteiger partial charge in [-0.2, -0.15) is 0 Å². The minimum Gasteiger partial charge on any atom is -0.384 e. The van der Waals surface area contributed by atoms with Gasteiger partial charge in [0.2, 0.25) is 0 Å². The van der Waals surface area contributed by atoms with Gasteiger partial charge in [0.1, 0.15) is 11.6 Å². The van der Waals surface area contributed by atoms with E-state index in [1.807, 2.05) is 17.9 Å². The van der Waals surface area contributed by atoms with Crippen LogP contribution in [-0.2, 0) is 6.42 Å². The molecule has 0 aliphatic carbocycles. The Balaban J connectivity index is 1.59. The van der Waals surface area contributed by atoms with Gasteiger partial charge in [0.05, 0.1) is 17.3 Å². The molecule has 6 heteroatoms. The van der Waals surface area contributed by atoms with Gasteiger partial charge in [-0.3, -0.25) is 9.78 Å². The van der Waals surface area contributed by atoms with Crippen LogP contribution in [-0.4, -0.2) is 27.3 Å². The van der Waals surface area contributed by atoms with Crippen LogP contribution in [0.4, 0.5) is 10.2 Å². The van der Waals surface area contributed by atoms with Gasteiger partial charge in [-0.15, -0.1) is 0 Å². The second-order valence-electron chi connectivity index (χ2n) is 7.47. The normalized spacial score (nSPS) is 16.2. The maximum Gasteiger partial charge on any atom is 0.255 e. The monoisotopic (exact) mass is 390 g/mol. The second kappa shape index (κ2) is 7.99. The third-order valence-electron chi connectivity index (χ3n) is 5.24. The molecule has 0 bridgehead atoms. The fraction of sp³-hybridized carbons (Fsp3) is 0.261. The molecule has 0 radical (unpaired) electrons. The zero-order chi connectivity index (χ0) is 20.4. The lowest BCUT2D eigenvalue weighted by atomic mass is 10.0. The molecule has 0 unspecified atom stereocenters. The first-order valence-electron chi connectivity index (χ1n) is 9.74. The van der Waals surface area contributed by atoms with Crippen molar-refractivity contribution in [2.45, 2.75) is 32.2 Å². The van der Waals surface area contributed by atoms with Gasteiger partial charge < -0.3 is 10.6 Å². The molecule has 5 nitrogen and oxygen atoms in total. The van der Waals surface area contributed by atoms with Crippen molar-refractivity contribution >= 4 is 11.7 Å². The maximum absolute atomic E-state index is 13.2. The van der Waals surface area contributed by atoms with Crippen molar-refractivity contribution in [3.8, 4) is 0 Å². The highest BCUT2D eigenvalue weighted by molar-refractivity contribution is 5.94. The Labute approximate surface area is 169 Å². The average molecular weight is 390 g/mol. The predicted octanol–water partition coefficient (Wildman–Crippen LogP) is 4.07. The number of aromatic nitrogens is 2. The number of carbonyl (C=O) groups is 1. The first-order valence-corrected chi connectivity index (χ1v) is 9.74. The van der Waals surface area contributed by atoms with E-state index in [9.17, 15) is 9.18 Å². The summed E-state index contributed by atoms with van der Waals surface area (Å²) < 4.78 is 13.2. The predicted molar refractivity (Wildman–Crippen MR) is 110 cm³/mol. The number of nitrogen functional groups attached to an aromatic ring is 1. The van der Waals surface area contributed by atoms with E-state index in [2.05, 4.69) is 11.1 Å². The first kappa shape index (κ1) is 19.1. The third-order valence-corrected chi connectivity index (χ3v) is 5.24. The number of nitrogens with zero attached hydrogens (tertiary/aromatic N) is 3. The number of carbonyl (C=O) groups excluding carboxylic acids is 1. The highest BCUT2D eigenvalue weighted by Crippen LogP contribution is 2.33. The quantitative estimate of drug-likeness (QED) is 0.729. The highest BCUT2D eigenvalue weighted by Gasteiger charge is 2.32.